The molecule has 0 amide bonds. The van der Waals surface area contributed by atoms with Crippen LogP contribution in [-0.4, -0.2) is 31.9 Å². The molecule has 1 heterocycles. The van der Waals surface area contributed by atoms with Crippen LogP contribution in [0, 0.1) is 0 Å². The van der Waals surface area contributed by atoms with Gasteiger partial charge in [-0.3, -0.25) is 0 Å². The fourth-order valence-corrected chi connectivity index (χ4v) is 3.24. The predicted octanol–water partition coefficient (Wildman–Crippen LogP) is 0.444. The summed E-state index contributed by atoms with van der Waals surface area (Å²) in [5, 5.41) is 8.56. The number of rotatable bonds is 4. The lowest BCUT2D eigenvalue weighted by atomic mass is 10.1. The van der Waals surface area contributed by atoms with E-state index in [4.69, 9.17) is 5.14 Å². The van der Waals surface area contributed by atoms with Crippen LogP contribution in [0.2, 0.25) is 0 Å². The van der Waals surface area contributed by atoms with Crippen molar-refractivity contribution < 1.29 is 8.42 Å². The topological polar surface area (TPSA) is 75.4 Å². The molecule has 0 unspecified atom stereocenters. The van der Waals surface area contributed by atoms with Gasteiger partial charge in [-0.05, 0) is 31.5 Å². The van der Waals surface area contributed by atoms with Gasteiger partial charge in [0.15, 0.2) is 0 Å². The summed E-state index contributed by atoms with van der Waals surface area (Å²) >= 11 is 0. The minimum Gasteiger partial charge on any atom is -0.317 e. The third-order valence-electron chi connectivity index (χ3n) is 3.22. The zero-order chi connectivity index (χ0) is 13.0. The average molecular weight is 269 g/mol. The van der Waals surface area contributed by atoms with E-state index in [1.807, 2.05) is 30.3 Å². The predicted molar refractivity (Wildman–Crippen MR) is 71.0 cm³/mol. The molecule has 0 bridgehead atoms. The van der Waals surface area contributed by atoms with E-state index in [0.29, 0.717) is 6.54 Å². The maximum Gasteiger partial charge on any atom is 0.277 e. The van der Waals surface area contributed by atoms with E-state index in [1.54, 1.807) is 0 Å². The van der Waals surface area contributed by atoms with Crippen LogP contribution in [0.25, 0.3) is 0 Å². The van der Waals surface area contributed by atoms with E-state index in [-0.39, 0.29) is 6.04 Å². The van der Waals surface area contributed by atoms with Crippen LogP contribution in [-0.2, 0) is 16.8 Å². The van der Waals surface area contributed by atoms with Gasteiger partial charge < -0.3 is 5.32 Å². The second-order valence-corrected chi connectivity index (χ2v) is 6.06. The van der Waals surface area contributed by atoms with Gasteiger partial charge in [0.25, 0.3) is 10.2 Å². The van der Waals surface area contributed by atoms with Gasteiger partial charge in [0.2, 0.25) is 0 Å². The van der Waals surface area contributed by atoms with Crippen molar-refractivity contribution in [3.05, 3.63) is 35.9 Å². The number of nitrogens with zero attached hydrogens (tertiary/aromatic N) is 1. The summed E-state index contributed by atoms with van der Waals surface area (Å²) in [7, 11) is -3.66. The Morgan fingerprint density at radius 1 is 1.22 bits per heavy atom. The van der Waals surface area contributed by atoms with E-state index < -0.39 is 10.2 Å². The summed E-state index contributed by atoms with van der Waals surface area (Å²) in [5.74, 6) is 0. The van der Waals surface area contributed by atoms with E-state index in [2.05, 4.69) is 5.32 Å². The Hall–Kier alpha value is -0.950. The highest BCUT2D eigenvalue weighted by Gasteiger charge is 2.28. The van der Waals surface area contributed by atoms with Crippen molar-refractivity contribution >= 4 is 10.2 Å². The van der Waals surface area contributed by atoms with Crippen molar-refractivity contribution in [1.82, 2.24) is 9.62 Å². The van der Waals surface area contributed by atoms with Crippen molar-refractivity contribution in [3.8, 4) is 0 Å². The Balaban J connectivity index is 2.15. The number of piperidine rings is 1. The van der Waals surface area contributed by atoms with Crippen LogP contribution < -0.4 is 10.5 Å². The maximum absolute atomic E-state index is 11.7. The second-order valence-electron chi connectivity index (χ2n) is 4.56. The summed E-state index contributed by atoms with van der Waals surface area (Å²) in [6, 6.07) is 9.55. The Labute approximate surface area is 108 Å². The molecule has 5 nitrogen and oxygen atoms in total. The summed E-state index contributed by atoms with van der Waals surface area (Å²) in [5.41, 5.74) is 0.963. The molecule has 0 spiro atoms. The molecule has 18 heavy (non-hydrogen) atoms. The molecule has 1 aliphatic rings. The molecule has 1 aromatic carbocycles. The number of hydrogen-bond donors (Lipinski definition) is 2. The van der Waals surface area contributed by atoms with Gasteiger partial charge >= 0.3 is 0 Å². The van der Waals surface area contributed by atoms with Crippen molar-refractivity contribution in [2.24, 2.45) is 5.14 Å². The van der Waals surface area contributed by atoms with Crippen molar-refractivity contribution in [2.75, 3.05) is 13.1 Å². The Kier molecular flexibility index (Phi) is 4.34. The molecule has 3 N–H and O–H groups in total. The molecule has 0 radical (unpaired) electrons. The monoisotopic (exact) mass is 269 g/mol. The van der Waals surface area contributed by atoms with Gasteiger partial charge in [0.05, 0.1) is 0 Å². The van der Waals surface area contributed by atoms with E-state index in [0.717, 1.165) is 31.5 Å². The van der Waals surface area contributed by atoms with Crippen LogP contribution >= 0.6 is 0 Å². The molecule has 1 fully saturated rings. The number of hydrogen-bond acceptors (Lipinski definition) is 3. The van der Waals surface area contributed by atoms with Gasteiger partial charge in [0.1, 0.15) is 0 Å². The molecule has 1 aliphatic heterocycles. The smallest absolute Gasteiger partial charge is 0.277 e. The van der Waals surface area contributed by atoms with Crippen molar-refractivity contribution in [3.63, 3.8) is 0 Å². The van der Waals surface area contributed by atoms with Crippen LogP contribution in [0.3, 0.4) is 0 Å². The molecule has 0 saturated carbocycles. The normalized spacial score (nSPS) is 18.1. The third kappa shape index (κ3) is 3.52. The minimum absolute atomic E-state index is 0.00135. The quantitative estimate of drug-likeness (QED) is 0.833. The Morgan fingerprint density at radius 2 is 1.83 bits per heavy atom. The van der Waals surface area contributed by atoms with Gasteiger partial charge in [-0.2, -0.15) is 12.7 Å². The molecule has 1 saturated heterocycles. The zero-order valence-electron chi connectivity index (χ0n) is 10.2. The first-order valence-corrected chi connectivity index (χ1v) is 7.62. The molecule has 6 heteroatoms. The largest absolute Gasteiger partial charge is 0.317 e. The number of nitrogens with two attached hydrogens (primary N) is 1. The Bertz CT molecular complexity index is 469. The summed E-state index contributed by atoms with van der Waals surface area (Å²) in [6.07, 6.45) is 1.62. The van der Waals surface area contributed by atoms with Crippen LogP contribution in [0.1, 0.15) is 18.4 Å². The summed E-state index contributed by atoms with van der Waals surface area (Å²) < 4.78 is 24.9. The molecular formula is C12H19N3O2S. The highest BCUT2D eigenvalue weighted by Crippen LogP contribution is 2.17. The molecule has 2 rings (SSSR count). The summed E-state index contributed by atoms with van der Waals surface area (Å²) in [6.45, 7) is 2.03. The lowest BCUT2D eigenvalue weighted by Crippen LogP contribution is -2.48. The number of nitrogens with one attached hydrogen (secondary N) is 1. The lowest BCUT2D eigenvalue weighted by Gasteiger charge is -2.32. The number of benzene rings is 1. The highest BCUT2D eigenvalue weighted by molar-refractivity contribution is 7.86. The zero-order valence-corrected chi connectivity index (χ0v) is 11.1. The van der Waals surface area contributed by atoms with Gasteiger partial charge in [0, 0.05) is 12.6 Å². The van der Waals surface area contributed by atoms with E-state index in [1.165, 1.54) is 4.31 Å². The SMILES string of the molecule is NS(=O)(=O)N(Cc1ccccc1)C1CCNCC1. The molecule has 100 valence electrons. The molecule has 0 aromatic heterocycles. The lowest BCUT2D eigenvalue weighted by molar-refractivity contribution is 0.257. The van der Waals surface area contributed by atoms with Crippen molar-refractivity contribution in [2.45, 2.75) is 25.4 Å². The Morgan fingerprint density at radius 3 is 2.39 bits per heavy atom. The highest BCUT2D eigenvalue weighted by atomic mass is 32.2. The second kappa shape index (κ2) is 5.79. The molecule has 0 aliphatic carbocycles. The van der Waals surface area contributed by atoms with Gasteiger partial charge in [-0.15, -0.1) is 0 Å². The maximum atomic E-state index is 11.7. The first-order valence-electron chi connectivity index (χ1n) is 6.11. The van der Waals surface area contributed by atoms with Crippen LogP contribution in [0.4, 0.5) is 0 Å². The molecular weight excluding hydrogens is 250 g/mol. The van der Waals surface area contributed by atoms with Crippen molar-refractivity contribution in [1.29, 1.82) is 0 Å². The minimum atomic E-state index is -3.66. The molecule has 1 aromatic rings. The van der Waals surface area contributed by atoms with E-state index in [9.17, 15) is 8.42 Å². The first-order chi connectivity index (χ1) is 8.57. The fraction of sp³-hybridized carbons (Fsp3) is 0.500. The van der Waals surface area contributed by atoms with Gasteiger partial charge in [-0.25, -0.2) is 5.14 Å². The fourth-order valence-electron chi connectivity index (χ4n) is 2.28. The first kappa shape index (κ1) is 13.5. The third-order valence-corrected chi connectivity index (χ3v) is 4.31. The van der Waals surface area contributed by atoms with E-state index >= 15 is 0 Å². The molecule has 0 atom stereocenters. The standard InChI is InChI=1S/C12H19N3O2S/c13-18(16,17)15(12-6-8-14-9-7-12)10-11-4-2-1-3-5-11/h1-5,12,14H,6-10H2,(H2,13,16,17). The average Bonchev–Trinajstić information content (AvgIpc) is 2.37. The van der Waals surface area contributed by atoms with Crippen LogP contribution in [0.5, 0.6) is 0 Å². The summed E-state index contributed by atoms with van der Waals surface area (Å²) in [4.78, 5) is 0. The van der Waals surface area contributed by atoms with Gasteiger partial charge in [-0.1, -0.05) is 30.3 Å². The van der Waals surface area contributed by atoms with Crippen LogP contribution in [0.15, 0.2) is 30.3 Å².